The van der Waals surface area contributed by atoms with Crippen molar-refractivity contribution in [3.63, 3.8) is 0 Å². The van der Waals surface area contributed by atoms with E-state index in [1.54, 1.807) is 6.07 Å². The van der Waals surface area contributed by atoms with Crippen LogP contribution < -0.4 is 5.73 Å². The molecule has 2 aromatic carbocycles. The summed E-state index contributed by atoms with van der Waals surface area (Å²) < 4.78 is 14.2. The van der Waals surface area contributed by atoms with Crippen LogP contribution in [-0.4, -0.2) is 0 Å². The van der Waals surface area contributed by atoms with Crippen LogP contribution in [-0.2, 0) is 6.42 Å². The van der Waals surface area contributed by atoms with Crippen LogP contribution in [0.1, 0.15) is 22.7 Å². The molecule has 0 heterocycles. The average Bonchev–Trinajstić information content (AvgIpc) is 2.35. The minimum Gasteiger partial charge on any atom is -0.324 e. The predicted octanol–water partition coefficient (Wildman–Crippen LogP) is 4.63. The van der Waals surface area contributed by atoms with Crippen LogP contribution in [0.2, 0.25) is 5.02 Å². The van der Waals surface area contributed by atoms with Crippen LogP contribution in [0.25, 0.3) is 0 Å². The first-order valence-electron chi connectivity index (χ1n) is 5.93. The lowest BCUT2D eigenvalue weighted by Gasteiger charge is -2.16. The molecule has 0 saturated carbocycles. The normalized spacial score (nSPS) is 12.5. The van der Waals surface area contributed by atoms with Gasteiger partial charge in [0.15, 0.2) is 0 Å². The molecule has 2 rings (SSSR count). The molecule has 0 amide bonds. The van der Waals surface area contributed by atoms with Gasteiger partial charge in [-0.05, 0) is 83.0 Å². The van der Waals surface area contributed by atoms with Gasteiger partial charge in [0.05, 0.1) is 0 Å². The molecule has 2 aromatic rings. The summed E-state index contributed by atoms with van der Waals surface area (Å²) in [5.74, 6) is -0.216. The fourth-order valence-corrected chi connectivity index (χ4v) is 2.95. The van der Waals surface area contributed by atoms with Crippen molar-refractivity contribution in [3.05, 3.63) is 67.5 Å². The molecule has 19 heavy (non-hydrogen) atoms. The van der Waals surface area contributed by atoms with Crippen molar-refractivity contribution in [3.8, 4) is 0 Å². The smallest absolute Gasteiger partial charge is 0.123 e. The first kappa shape index (κ1) is 14.8. The van der Waals surface area contributed by atoms with Gasteiger partial charge >= 0.3 is 0 Å². The molecule has 0 radical (unpaired) electrons. The van der Waals surface area contributed by atoms with Gasteiger partial charge in [0.2, 0.25) is 0 Å². The number of aryl methyl sites for hydroxylation is 1. The fraction of sp³-hybridized carbons (Fsp3) is 0.200. The highest BCUT2D eigenvalue weighted by Crippen LogP contribution is 2.26. The molecule has 2 N–H and O–H groups in total. The van der Waals surface area contributed by atoms with E-state index in [0.717, 1.165) is 20.3 Å². The third-order valence-electron chi connectivity index (χ3n) is 3.10. The summed E-state index contributed by atoms with van der Waals surface area (Å²) in [6, 6.07) is 10.4. The molecule has 1 unspecified atom stereocenters. The van der Waals surface area contributed by atoms with Crippen molar-refractivity contribution in [2.45, 2.75) is 19.4 Å². The Kier molecular flexibility index (Phi) is 4.81. The van der Waals surface area contributed by atoms with Crippen LogP contribution >= 0.6 is 34.2 Å². The molecule has 0 aliphatic rings. The highest BCUT2D eigenvalue weighted by atomic mass is 127. The zero-order valence-corrected chi connectivity index (χ0v) is 13.4. The maximum Gasteiger partial charge on any atom is 0.123 e. The Labute approximate surface area is 131 Å². The van der Waals surface area contributed by atoms with Gasteiger partial charge in [0.25, 0.3) is 0 Å². The molecule has 0 aliphatic heterocycles. The van der Waals surface area contributed by atoms with E-state index in [0.29, 0.717) is 11.4 Å². The Morgan fingerprint density at radius 2 is 2.00 bits per heavy atom. The molecule has 0 spiro atoms. The topological polar surface area (TPSA) is 26.0 Å². The summed E-state index contributed by atoms with van der Waals surface area (Å²) in [5, 5.41) is 0.682. The van der Waals surface area contributed by atoms with Crippen molar-refractivity contribution in [2.75, 3.05) is 0 Å². The Morgan fingerprint density at radius 3 is 2.68 bits per heavy atom. The third-order valence-corrected chi connectivity index (χ3v) is 4.32. The fourth-order valence-electron chi connectivity index (χ4n) is 2.03. The zero-order valence-electron chi connectivity index (χ0n) is 10.5. The number of hydrogen-bond acceptors (Lipinski definition) is 1. The van der Waals surface area contributed by atoms with Gasteiger partial charge in [-0.15, -0.1) is 0 Å². The van der Waals surface area contributed by atoms with Gasteiger partial charge in [-0.3, -0.25) is 0 Å². The van der Waals surface area contributed by atoms with Gasteiger partial charge in [-0.25, -0.2) is 4.39 Å². The predicted molar refractivity (Wildman–Crippen MR) is 85.9 cm³/mol. The quantitative estimate of drug-likeness (QED) is 0.761. The minimum atomic E-state index is -0.216. The van der Waals surface area contributed by atoms with Gasteiger partial charge in [-0.2, -0.15) is 0 Å². The Balaban J connectivity index is 2.25. The lowest BCUT2D eigenvalue weighted by molar-refractivity contribution is 0.623. The second-order valence-electron chi connectivity index (χ2n) is 4.55. The highest BCUT2D eigenvalue weighted by Gasteiger charge is 2.12. The Bertz CT molecular complexity index is 601. The lowest BCUT2D eigenvalue weighted by Crippen LogP contribution is -2.15. The number of halogens is 3. The van der Waals surface area contributed by atoms with Gasteiger partial charge in [-0.1, -0.05) is 17.7 Å². The summed E-state index contributed by atoms with van der Waals surface area (Å²) in [7, 11) is 0. The van der Waals surface area contributed by atoms with E-state index in [1.807, 2.05) is 25.1 Å². The number of benzene rings is 2. The number of nitrogens with two attached hydrogens (primary N) is 1. The molecule has 0 saturated heterocycles. The van der Waals surface area contributed by atoms with Crippen molar-refractivity contribution in [1.29, 1.82) is 0 Å². The van der Waals surface area contributed by atoms with Crippen molar-refractivity contribution in [2.24, 2.45) is 5.73 Å². The van der Waals surface area contributed by atoms with Crippen LogP contribution in [0, 0.1) is 16.3 Å². The summed E-state index contributed by atoms with van der Waals surface area (Å²) in [6.45, 7) is 1.90. The summed E-state index contributed by atoms with van der Waals surface area (Å²) in [4.78, 5) is 0. The molecular weight excluding hydrogens is 376 g/mol. The Morgan fingerprint density at radius 1 is 1.26 bits per heavy atom. The van der Waals surface area contributed by atoms with Gasteiger partial charge < -0.3 is 5.73 Å². The van der Waals surface area contributed by atoms with Crippen LogP contribution in [0.15, 0.2) is 36.4 Å². The molecular formula is C15H14ClFIN. The van der Waals surface area contributed by atoms with E-state index in [4.69, 9.17) is 17.3 Å². The Hall–Kier alpha value is -0.650. The third kappa shape index (κ3) is 3.68. The molecule has 1 atom stereocenters. The molecule has 100 valence electrons. The second kappa shape index (κ2) is 6.20. The molecule has 1 nitrogen and oxygen atoms in total. The van der Waals surface area contributed by atoms with Crippen LogP contribution in [0.5, 0.6) is 0 Å². The van der Waals surface area contributed by atoms with Crippen molar-refractivity contribution < 1.29 is 4.39 Å². The second-order valence-corrected chi connectivity index (χ2v) is 6.15. The lowest BCUT2D eigenvalue weighted by atomic mass is 9.97. The molecule has 0 bridgehead atoms. The summed E-state index contributed by atoms with van der Waals surface area (Å²) in [6.07, 6.45) is 0.669. The average molecular weight is 390 g/mol. The van der Waals surface area contributed by atoms with E-state index >= 15 is 0 Å². The molecule has 4 heteroatoms. The number of rotatable bonds is 3. The van der Waals surface area contributed by atoms with E-state index < -0.39 is 0 Å². The van der Waals surface area contributed by atoms with E-state index in [9.17, 15) is 4.39 Å². The van der Waals surface area contributed by atoms with Crippen LogP contribution in [0.4, 0.5) is 4.39 Å². The van der Waals surface area contributed by atoms with Gasteiger partial charge in [0.1, 0.15) is 5.82 Å². The molecule has 0 aromatic heterocycles. The van der Waals surface area contributed by atoms with Crippen molar-refractivity contribution in [1.82, 2.24) is 0 Å². The van der Waals surface area contributed by atoms with E-state index in [-0.39, 0.29) is 11.9 Å². The SMILES string of the molecule is Cc1cc(F)ccc1CC(N)c1cc(Cl)ccc1I. The van der Waals surface area contributed by atoms with E-state index in [1.165, 1.54) is 12.1 Å². The largest absolute Gasteiger partial charge is 0.324 e. The molecule has 0 fully saturated rings. The minimum absolute atomic E-state index is 0.144. The van der Waals surface area contributed by atoms with Crippen molar-refractivity contribution >= 4 is 34.2 Å². The highest BCUT2D eigenvalue weighted by molar-refractivity contribution is 14.1. The van der Waals surface area contributed by atoms with Gasteiger partial charge in [0, 0.05) is 14.6 Å². The standard InChI is InChI=1S/C15H14ClFIN/c1-9-6-12(17)4-2-10(9)7-15(19)13-8-11(16)3-5-14(13)18/h2-6,8,15H,7,19H2,1H3. The zero-order chi connectivity index (χ0) is 14.0. The maximum atomic E-state index is 13.1. The first-order valence-corrected chi connectivity index (χ1v) is 7.38. The first-order chi connectivity index (χ1) is 8.97. The van der Waals surface area contributed by atoms with E-state index in [2.05, 4.69) is 22.6 Å². The monoisotopic (exact) mass is 389 g/mol. The van der Waals surface area contributed by atoms with Crippen LogP contribution in [0.3, 0.4) is 0 Å². The summed E-state index contributed by atoms with van der Waals surface area (Å²) in [5.41, 5.74) is 9.25. The maximum absolute atomic E-state index is 13.1. The molecule has 0 aliphatic carbocycles. The summed E-state index contributed by atoms with van der Waals surface area (Å²) >= 11 is 8.26. The number of hydrogen-bond donors (Lipinski definition) is 1.